The maximum atomic E-state index is 11.1. The van der Waals surface area contributed by atoms with Gasteiger partial charge in [0.1, 0.15) is 0 Å². The molecule has 0 radical (unpaired) electrons. The Kier molecular flexibility index (Phi) is 1.27. The van der Waals surface area contributed by atoms with Crippen LogP contribution in [0.3, 0.4) is 0 Å². The Bertz CT molecular complexity index is 295. The number of carbonyl (C=O) groups excluding carboxylic acids is 1. The molecule has 0 aliphatic carbocycles. The van der Waals surface area contributed by atoms with Gasteiger partial charge in [-0.2, -0.15) is 0 Å². The van der Waals surface area contributed by atoms with Crippen molar-refractivity contribution in [1.29, 1.82) is 0 Å². The van der Waals surface area contributed by atoms with Crippen molar-refractivity contribution in [3.63, 3.8) is 0 Å². The smallest absolute Gasteiger partial charge is 0.224 e. The van der Waals surface area contributed by atoms with E-state index in [0.717, 1.165) is 0 Å². The predicted molar refractivity (Wildman–Crippen MR) is 38.7 cm³/mol. The Balaban J connectivity index is 2.32. The molecule has 2 fully saturated rings. The van der Waals surface area contributed by atoms with Gasteiger partial charge in [-0.15, -0.1) is 0 Å². The molecule has 4 nitrogen and oxygen atoms in total. The van der Waals surface area contributed by atoms with Crippen LogP contribution in [0.2, 0.25) is 0 Å². The Morgan fingerprint density at radius 2 is 2.09 bits per heavy atom. The minimum atomic E-state index is -2.93. The Labute approximate surface area is 64.9 Å². The molecule has 0 spiro atoms. The van der Waals surface area contributed by atoms with E-state index in [0.29, 0.717) is 6.42 Å². The van der Waals surface area contributed by atoms with Gasteiger partial charge in [-0.1, -0.05) is 0 Å². The monoisotopic (exact) mass is 175 g/mol. The summed E-state index contributed by atoms with van der Waals surface area (Å²) in [6.45, 7) is 0. The number of carbonyl (C=O) groups is 1. The third-order valence-corrected chi connectivity index (χ3v) is 4.02. The molecule has 2 unspecified atom stereocenters. The largest absolute Gasteiger partial charge is 0.352 e. The molecule has 2 atom stereocenters. The molecule has 2 aliphatic rings. The van der Waals surface area contributed by atoms with Crippen LogP contribution in [0.4, 0.5) is 0 Å². The summed E-state index contributed by atoms with van der Waals surface area (Å²) in [6, 6.07) is -0.105. The highest BCUT2D eigenvalue weighted by atomic mass is 32.2. The first-order valence-corrected chi connectivity index (χ1v) is 5.40. The molecule has 11 heavy (non-hydrogen) atoms. The number of hydrogen-bond donors (Lipinski definition) is 1. The lowest BCUT2D eigenvalue weighted by Gasteiger charge is -2.15. The van der Waals surface area contributed by atoms with Crippen LogP contribution < -0.4 is 5.32 Å². The summed E-state index contributed by atoms with van der Waals surface area (Å²) < 4.78 is 22.1. The van der Waals surface area contributed by atoms with E-state index in [-0.39, 0.29) is 29.4 Å². The van der Waals surface area contributed by atoms with Crippen molar-refractivity contribution < 1.29 is 13.2 Å². The first-order chi connectivity index (χ1) is 5.07. The van der Waals surface area contributed by atoms with E-state index in [1.165, 1.54) is 0 Å². The molecule has 2 rings (SSSR count). The van der Waals surface area contributed by atoms with Crippen LogP contribution in [-0.4, -0.2) is 31.9 Å². The molecule has 2 saturated heterocycles. The predicted octanol–water partition coefficient (Wildman–Crippen LogP) is -1.08. The third-order valence-electron chi connectivity index (χ3n) is 2.20. The van der Waals surface area contributed by atoms with Crippen molar-refractivity contribution in [2.24, 2.45) is 5.92 Å². The third kappa shape index (κ3) is 1.13. The van der Waals surface area contributed by atoms with Gasteiger partial charge in [-0.25, -0.2) is 8.42 Å². The summed E-state index contributed by atoms with van der Waals surface area (Å²) >= 11 is 0. The first kappa shape index (κ1) is 7.09. The first-order valence-electron chi connectivity index (χ1n) is 3.58. The van der Waals surface area contributed by atoms with Crippen molar-refractivity contribution in [2.45, 2.75) is 12.5 Å². The van der Waals surface area contributed by atoms with Crippen LogP contribution in [-0.2, 0) is 14.6 Å². The molecular weight excluding hydrogens is 166 g/mol. The van der Waals surface area contributed by atoms with E-state index in [9.17, 15) is 13.2 Å². The number of amides is 1. The molecular formula is C6H9NO3S. The van der Waals surface area contributed by atoms with Crippen molar-refractivity contribution in [1.82, 2.24) is 5.32 Å². The zero-order valence-electron chi connectivity index (χ0n) is 5.91. The van der Waals surface area contributed by atoms with Gasteiger partial charge in [0.2, 0.25) is 5.91 Å². The van der Waals surface area contributed by atoms with Crippen LogP contribution in [0.15, 0.2) is 0 Å². The quantitative estimate of drug-likeness (QED) is 0.509. The van der Waals surface area contributed by atoms with Gasteiger partial charge in [0, 0.05) is 6.04 Å². The van der Waals surface area contributed by atoms with Crippen LogP contribution in [0.1, 0.15) is 6.42 Å². The van der Waals surface area contributed by atoms with Gasteiger partial charge in [-0.05, 0) is 6.42 Å². The SMILES string of the molecule is O=C1NC2CC1CS(=O)(=O)C2. The second kappa shape index (κ2) is 1.97. The molecule has 2 heterocycles. The van der Waals surface area contributed by atoms with E-state index < -0.39 is 9.84 Å². The highest BCUT2D eigenvalue weighted by Crippen LogP contribution is 2.24. The number of rotatable bonds is 0. The summed E-state index contributed by atoms with van der Waals surface area (Å²) in [5.41, 5.74) is 0. The molecule has 5 heteroatoms. The maximum absolute atomic E-state index is 11.1. The minimum absolute atomic E-state index is 0.0509. The lowest BCUT2D eigenvalue weighted by atomic mass is 10.1. The van der Waals surface area contributed by atoms with E-state index in [1.54, 1.807) is 0 Å². The lowest BCUT2D eigenvalue weighted by molar-refractivity contribution is -0.121. The van der Waals surface area contributed by atoms with Gasteiger partial charge in [0.25, 0.3) is 0 Å². The average molecular weight is 175 g/mol. The molecule has 62 valence electrons. The standard InChI is InChI=1S/C6H9NO3S/c8-6-4-1-5(7-6)3-11(9,10)2-4/h4-5H,1-3H2,(H,7,8). The normalized spacial score (nSPS) is 40.2. The molecule has 2 bridgehead atoms. The zero-order chi connectivity index (χ0) is 8.06. The lowest BCUT2D eigenvalue weighted by Crippen LogP contribution is -2.32. The van der Waals surface area contributed by atoms with Crippen LogP contribution >= 0.6 is 0 Å². The van der Waals surface area contributed by atoms with Crippen molar-refractivity contribution in [3.05, 3.63) is 0 Å². The topological polar surface area (TPSA) is 63.2 Å². The van der Waals surface area contributed by atoms with Gasteiger partial charge in [0.05, 0.1) is 17.4 Å². The number of nitrogens with one attached hydrogen (secondary N) is 1. The van der Waals surface area contributed by atoms with Crippen LogP contribution in [0, 0.1) is 5.92 Å². The van der Waals surface area contributed by atoms with E-state index in [2.05, 4.69) is 5.32 Å². The highest BCUT2D eigenvalue weighted by molar-refractivity contribution is 7.91. The van der Waals surface area contributed by atoms with Crippen LogP contribution in [0.5, 0.6) is 0 Å². The van der Waals surface area contributed by atoms with Gasteiger partial charge in [-0.3, -0.25) is 4.79 Å². The molecule has 0 saturated carbocycles. The molecule has 0 aromatic heterocycles. The van der Waals surface area contributed by atoms with E-state index in [4.69, 9.17) is 0 Å². The average Bonchev–Trinajstić information content (AvgIpc) is 2.05. The summed E-state index contributed by atoms with van der Waals surface area (Å²) in [6.07, 6.45) is 0.706. The molecule has 1 N–H and O–H groups in total. The summed E-state index contributed by atoms with van der Waals surface area (Å²) in [5.74, 6) is -0.167. The molecule has 2 aliphatic heterocycles. The van der Waals surface area contributed by atoms with E-state index in [1.807, 2.05) is 0 Å². The second-order valence-electron chi connectivity index (χ2n) is 3.22. The molecule has 0 aromatic rings. The molecule has 0 aromatic carbocycles. The Morgan fingerprint density at radius 1 is 1.36 bits per heavy atom. The summed E-state index contributed by atoms with van der Waals surface area (Å²) in [4.78, 5) is 11.0. The van der Waals surface area contributed by atoms with Crippen molar-refractivity contribution in [2.75, 3.05) is 11.5 Å². The number of sulfone groups is 1. The number of fused-ring (bicyclic) bond motifs is 2. The second-order valence-corrected chi connectivity index (χ2v) is 5.37. The van der Waals surface area contributed by atoms with Gasteiger partial charge in [0.15, 0.2) is 9.84 Å². The maximum Gasteiger partial charge on any atom is 0.224 e. The zero-order valence-corrected chi connectivity index (χ0v) is 6.73. The Hall–Kier alpha value is -0.580. The fourth-order valence-electron chi connectivity index (χ4n) is 1.76. The summed E-state index contributed by atoms with van der Waals surface area (Å²) in [7, 11) is -2.93. The van der Waals surface area contributed by atoms with Gasteiger partial charge < -0.3 is 5.32 Å². The minimum Gasteiger partial charge on any atom is -0.352 e. The van der Waals surface area contributed by atoms with Crippen molar-refractivity contribution >= 4 is 15.7 Å². The highest BCUT2D eigenvalue weighted by Gasteiger charge is 2.41. The fourth-order valence-corrected chi connectivity index (χ4v) is 3.63. The van der Waals surface area contributed by atoms with Crippen LogP contribution in [0.25, 0.3) is 0 Å². The Morgan fingerprint density at radius 3 is 2.73 bits per heavy atom. The molecule has 1 amide bonds. The number of hydrogen-bond acceptors (Lipinski definition) is 3. The fraction of sp³-hybridized carbons (Fsp3) is 0.833. The van der Waals surface area contributed by atoms with E-state index >= 15 is 0 Å². The van der Waals surface area contributed by atoms with Gasteiger partial charge >= 0.3 is 0 Å². The summed E-state index contributed by atoms with van der Waals surface area (Å²) in [5, 5.41) is 2.65. The van der Waals surface area contributed by atoms with Crippen molar-refractivity contribution in [3.8, 4) is 0 Å².